The van der Waals surface area contributed by atoms with Gasteiger partial charge in [0.1, 0.15) is 5.41 Å². The third-order valence-corrected chi connectivity index (χ3v) is 3.39. The van der Waals surface area contributed by atoms with Gasteiger partial charge in [-0.2, -0.15) is 0 Å². The molecule has 0 atom stereocenters. The lowest BCUT2D eigenvalue weighted by Crippen LogP contribution is -2.47. The van der Waals surface area contributed by atoms with E-state index in [1.165, 1.54) is 0 Å². The summed E-state index contributed by atoms with van der Waals surface area (Å²) in [6.07, 6.45) is 0. The maximum Gasteiger partial charge on any atom is 0.239 e. The van der Waals surface area contributed by atoms with Crippen LogP contribution in [0.2, 0.25) is 10.0 Å². The average molecular weight is 317 g/mol. The van der Waals surface area contributed by atoms with E-state index in [0.717, 1.165) is 0 Å². The summed E-state index contributed by atoms with van der Waals surface area (Å²) >= 11 is 12.0. The lowest BCUT2D eigenvalue weighted by molar-refractivity contribution is -0.138. The zero-order valence-electron chi connectivity index (χ0n) is 11.9. The summed E-state index contributed by atoms with van der Waals surface area (Å²) in [7, 11) is 0. The van der Waals surface area contributed by atoms with Crippen LogP contribution in [0.3, 0.4) is 0 Å². The van der Waals surface area contributed by atoms with Crippen LogP contribution in [0.5, 0.6) is 0 Å². The number of carbonyl (C=O) groups is 2. The predicted molar refractivity (Wildman–Crippen MR) is 82.2 cm³/mol. The zero-order valence-corrected chi connectivity index (χ0v) is 13.4. The topological polar surface area (TPSA) is 58.2 Å². The van der Waals surface area contributed by atoms with Gasteiger partial charge in [-0.25, -0.2) is 0 Å². The van der Waals surface area contributed by atoms with Gasteiger partial charge in [-0.1, -0.05) is 29.3 Å². The van der Waals surface area contributed by atoms with E-state index in [9.17, 15) is 9.59 Å². The molecule has 2 N–H and O–H groups in total. The van der Waals surface area contributed by atoms with E-state index in [1.807, 2.05) is 13.8 Å². The smallest absolute Gasteiger partial charge is 0.239 e. The minimum absolute atomic E-state index is 0.0431. The Morgan fingerprint density at radius 1 is 1.10 bits per heavy atom. The van der Waals surface area contributed by atoms with Gasteiger partial charge in [-0.15, -0.1) is 0 Å². The number of amides is 2. The summed E-state index contributed by atoms with van der Waals surface area (Å²) in [6.45, 7) is 6.75. The Bertz CT molecular complexity index is 508. The highest BCUT2D eigenvalue weighted by Gasteiger charge is 2.36. The standard InChI is InChI=1S/C14H18Cl2N2O2/c1-8(2)17-12(19)14(3,4)13(20)18-11-9(15)6-5-7-10(11)16/h5-8H,1-4H3,(H,17,19)(H,18,20). The summed E-state index contributed by atoms with van der Waals surface area (Å²) in [5.74, 6) is -0.821. The van der Waals surface area contributed by atoms with Gasteiger partial charge in [-0.3, -0.25) is 9.59 Å². The molecule has 0 aliphatic heterocycles. The second-order valence-electron chi connectivity index (χ2n) is 5.30. The lowest BCUT2D eigenvalue weighted by atomic mass is 9.90. The van der Waals surface area contributed by atoms with E-state index in [0.29, 0.717) is 15.7 Å². The van der Waals surface area contributed by atoms with E-state index in [2.05, 4.69) is 10.6 Å². The summed E-state index contributed by atoms with van der Waals surface area (Å²) in [5.41, 5.74) is -0.918. The molecule has 1 aromatic carbocycles. The second-order valence-corrected chi connectivity index (χ2v) is 6.12. The second kappa shape index (κ2) is 6.46. The maximum atomic E-state index is 12.3. The SMILES string of the molecule is CC(C)NC(=O)C(C)(C)C(=O)Nc1c(Cl)cccc1Cl. The number of hydrogen-bond acceptors (Lipinski definition) is 2. The molecule has 2 amide bonds. The van der Waals surface area contributed by atoms with Crippen molar-refractivity contribution in [3.63, 3.8) is 0 Å². The Labute approximate surface area is 128 Å². The largest absolute Gasteiger partial charge is 0.353 e. The predicted octanol–water partition coefficient (Wildman–Crippen LogP) is 3.48. The van der Waals surface area contributed by atoms with Crippen molar-refractivity contribution in [2.24, 2.45) is 5.41 Å². The Morgan fingerprint density at radius 3 is 2.05 bits per heavy atom. The van der Waals surface area contributed by atoms with Gasteiger partial charge >= 0.3 is 0 Å². The molecule has 0 aliphatic carbocycles. The monoisotopic (exact) mass is 316 g/mol. The number of rotatable bonds is 4. The van der Waals surface area contributed by atoms with Gasteiger partial charge in [0.2, 0.25) is 11.8 Å². The third-order valence-electron chi connectivity index (χ3n) is 2.76. The third kappa shape index (κ3) is 3.87. The molecule has 0 heterocycles. The Hall–Kier alpha value is -1.26. The molecule has 0 aliphatic rings. The molecule has 0 saturated heterocycles. The van der Waals surface area contributed by atoms with Crippen molar-refractivity contribution in [3.8, 4) is 0 Å². The minimum Gasteiger partial charge on any atom is -0.353 e. The molecule has 1 rings (SSSR count). The maximum absolute atomic E-state index is 12.3. The fraction of sp³-hybridized carbons (Fsp3) is 0.429. The van der Waals surface area contributed by atoms with Gasteiger partial charge in [0.05, 0.1) is 15.7 Å². The number of anilines is 1. The molecule has 1 aromatic rings. The quantitative estimate of drug-likeness (QED) is 0.835. The molecular weight excluding hydrogens is 299 g/mol. The highest BCUT2D eigenvalue weighted by Crippen LogP contribution is 2.31. The van der Waals surface area contributed by atoms with E-state index in [4.69, 9.17) is 23.2 Å². The summed E-state index contributed by atoms with van der Waals surface area (Å²) in [5, 5.41) is 5.97. The van der Waals surface area contributed by atoms with Gasteiger partial charge in [-0.05, 0) is 39.8 Å². The molecule has 0 spiro atoms. The molecule has 0 saturated carbocycles. The minimum atomic E-state index is -1.23. The molecule has 0 unspecified atom stereocenters. The van der Waals surface area contributed by atoms with Crippen molar-refractivity contribution in [1.82, 2.24) is 5.32 Å². The van der Waals surface area contributed by atoms with Crippen molar-refractivity contribution < 1.29 is 9.59 Å². The molecule has 0 radical (unpaired) electrons. The van der Waals surface area contributed by atoms with Gasteiger partial charge in [0.25, 0.3) is 0 Å². The molecule has 6 heteroatoms. The fourth-order valence-electron chi connectivity index (χ4n) is 1.43. The Morgan fingerprint density at radius 2 is 1.60 bits per heavy atom. The van der Waals surface area contributed by atoms with E-state index < -0.39 is 11.3 Å². The molecule has 0 bridgehead atoms. The highest BCUT2D eigenvalue weighted by molar-refractivity contribution is 6.40. The molecular formula is C14H18Cl2N2O2. The number of hydrogen-bond donors (Lipinski definition) is 2. The fourth-order valence-corrected chi connectivity index (χ4v) is 1.92. The Kier molecular flexibility index (Phi) is 5.42. The first-order valence-corrected chi connectivity index (χ1v) is 6.98. The molecule has 110 valence electrons. The summed E-state index contributed by atoms with van der Waals surface area (Å²) in [6, 6.07) is 4.87. The van der Waals surface area contributed by atoms with Crippen LogP contribution in [0, 0.1) is 5.41 Å². The molecule has 4 nitrogen and oxygen atoms in total. The van der Waals surface area contributed by atoms with Crippen molar-refractivity contribution in [3.05, 3.63) is 28.2 Å². The van der Waals surface area contributed by atoms with Crippen LogP contribution in [-0.2, 0) is 9.59 Å². The summed E-state index contributed by atoms with van der Waals surface area (Å²) < 4.78 is 0. The zero-order chi connectivity index (χ0) is 15.5. The first-order valence-electron chi connectivity index (χ1n) is 6.22. The van der Waals surface area contributed by atoms with Crippen LogP contribution in [-0.4, -0.2) is 17.9 Å². The summed E-state index contributed by atoms with van der Waals surface area (Å²) in [4.78, 5) is 24.3. The van der Waals surface area contributed by atoms with E-state index in [-0.39, 0.29) is 11.9 Å². The number of para-hydroxylation sites is 1. The molecule has 0 fully saturated rings. The van der Waals surface area contributed by atoms with Crippen LogP contribution in [0.15, 0.2) is 18.2 Å². The van der Waals surface area contributed by atoms with E-state index in [1.54, 1.807) is 32.0 Å². The van der Waals surface area contributed by atoms with E-state index >= 15 is 0 Å². The number of nitrogens with one attached hydrogen (secondary N) is 2. The van der Waals surface area contributed by atoms with Crippen LogP contribution in [0.1, 0.15) is 27.7 Å². The molecule has 0 aromatic heterocycles. The first-order chi connectivity index (χ1) is 9.16. The van der Waals surface area contributed by atoms with Crippen molar-refractivity contribution in [2.45, 2.75) is 33.7 Å². The highest BCUT2D eigenvalue weighted by atomic mass is 35.5. The van der Waals surface area contributed by atoms with Crippen LogP contribution < -0.4 is 10.6 Å². The number of halogens is 2. The van der Waals surface area contributed by atoms with Crippen molar-refractivity contribution >= 4 is 40.7 Å². The molecule has 20 heavy (non-hydrogen) atoms. The Balaban J connectivity index is 2.92. The van der Waals surface area contributed by atoms with Crippen molar-refractivity contribution in [2.75, 3.05) is 5.32 Å². The van der Waals surface area contributed by atoms with Crippen LogP contribution >= 0.6 is 23.2 Å². The van der Waals surface area contributed by atoms with Crippen LogP contribution in [0.4, 0.5) is 5.69 Å². The van der Waals surface area contributed by atoms with Crippen LogP contribution in [0.25, 0.3) is 0 Å². The van der Waals surface area contributed by atoms with Crippen molar-refractivity contribution in [1.29, 1.82) is 0 Å². The first kappa shape index (κ1) is 16.8. The number of benzene rings is 1. The van der Waals surface area contributed by atoms with Gasteiger partial charge in [0, 0.05) is 6.04 Å². The number of carbonyl (C=O) groups excluding carboxylic acids is 2. The lowest BCUT2D eigenvalue weighted by Gasteiger charge is -2.24. The van der Waals surface area contributed by atoms with Gasteiger partial charge < -0.3 is 10.6 Å². The van der Waals surface area contributed by atoms with Gasteiger partial charge in [0.15, 0.2) is 0 Å². The normalized spacial score (nSPS) is 11.3. The average Bonchev–Trinajstić information content (AvgIpc) is 2.32.